The monoisotopic (exact) mass is 433 g/mol. The number of imidazole rings is 1. The number of H-pyrrole nitrogens is 1. The van der Waals surface area contributed by atoms with Gasteiger partial charge in [-0.2, -0.15) is 5.10 Å². The standard InChI is InChI=1S/C24H27N5O3/c1-15-7-20-21(8-16(15)2)29(14-26-20)13-19(30)12-25-10-18-11-27-28-24(18)17-3-4-22-23(9-17)32-6-5-31-22/h3-4,7-9,11,14,19,25,30H,5-6,10,12-13H2,1-2H3,(H,27,28). The Morgan fingerprint density at radius 3 is 2.81 bits per heavy atom. The number of benzene rings is 2. The Balaban J connectivity index is 1.21. The first kappa shape index (κ1) is 20.5. The molecule has 3 heterocycles. The lowest BCUT2D eigenvalue weighted by molar-refractivity contribution is 0.152. The molecular weight excluding hydrogens is 406 g/mol. The van der Waals surface area contributed by atoms with Crippen LogP contribution in [0.1, 0.15) is 16.7 Å². The van der Waals surface area contributed by atoms with Crippen LogP contribution in [0.3, 0.4) is 0 Å². The van der Waals surface area contributed by atoms with Gasteiger partial charge in [-0.05, 0) is 55.3 Å². The van der Waals surface area contributed by atoms with Crippen LogP contribution in [0.15, 0.2) is 42.9 Å². The fourth-order valence-corrected chi connectivity index (χ4v) is 4.02. The van der Waals surface area contributed by atoms with Crippen molar-refractivity contribution in [1.29, 1.82) is 0 Å². The summed E-state index contributed by atoms with van der Waals surface area (Å²) in [6.07, 6.45) is 3.06. The molecule has 0 saturated carbocycles. The molecule has 1 unspecified atom stereocenters. The van der Waals surface area contributed by atoms with Gasteiger partial charge in [0.2, 0.25) is 0 Å². The predicted octanol–water partition coefficient (Wildman–Crippen LogP) is 2.97. The maximum atomic E-state index is 10.6. The Morgan fingerprint density at radius 1 is 1.12 bits per heavy atom. The Morgan fingerprint density at radius 2 is 1.94 bits per heavy atom. The van der Waals surface area contributed by atoms with E-state index in [2.05, 4.69) is 46.5 Å². The van der Waals surface area contributed by atoms with Gasteiger partial charge in [0.05, 0.1) is 41.9 Å². The molecule has 0 radical (unpaired) electrons. The second-order valence-electron chi connectivity index (χ2n) is 8.24. The number of fused-ring (bicyclic) bond motifs is 2. The number of hydrogen-bond donors (Lipinski definition) is 3. The lowest BCUT2D eigenvalue weighted by Gasteiger charge is -2.19. The number of aliphatic hydroxyl groups excluding tert-OH is 1. The summed E-state index contributed by atoms with van der Waals surface area (Å²) < 4.78 is 13.3. The number of nitrogens with zero attached hydrogens (tertiary/aromatic N) is 3. The third-order valence-electron chi connectivity index (χ3n) is 5.89. The molecule has 8 nitrogen and oxygen atoms in total. The summed E-state index contributed by atoms with van der Waals surface area (Å²) in [5.41, 5.74) is 7.37. The van der Waals surface area contributed by atoms with E-state index < -0.39 is 6.10 Å². The van der Waals surface area contributed by atoms with Crippen LogP contribution in [-0.4, -0.2) is 50.7 Å². The lowest BCUT2D eigenvalue weighted by atomic mass is 10.1. The zero-order valence-electron chi connectivity index (χ0n) is 18.3. The van der Waals surface area contributed by atoms with Gasteiger partial charge in [0.1, 0.15) is 13.2 Å². The molecule has 0 fully saturated rings. The molecule has 0 bridgehead atoms. The SMILES string of the molecule is Cc1cc2ncn(CC(O)CNCc3cn[nH]c3-c3ccc4c(c3)OCCO4)c2cc1C. The summed E-state index contributed by atoms with van der Waals surface area (Å²) in [5, 5.41) is 21.2. The first-order chi connectivity index (χ1) is 15.6. The van der Waals surface area contributed by atoms with E-state index in [1.54, 1.807) is 12.5 Å². The molecule has 1 aliphatic heterocycles. The highest BCUT2D eigenvalue weighted by molar-refractivity contribution is 5.77. The largest absolute Gasteiger partial charge is 0.486 e. The predicted molar refractivity (Wildman–Crippen MR) is 122 cm³/mol. The Hall–Kier alpha value is -3.36. The molecule has 32 heavy (non-hydrogen) atoms. The highest BCUT2D eigenvalue weighted by Crippen LogP contribution is 2.34. The van der Waals surface area contributed by atoms with Crippen LogP contribution >= 0.6 is 0 Å². The molecule has 2 aromatic heterocycles. The molecule has 3 N–H and O–H groups in total. The van der Waals surface area contributed by atoms with E-state index in [-0.39, 0.29) is 0 Å². The van der Waals surface area contributed by atoms with Crippen LogP contribution in [0, 0.1) is 13.8 Å². The number of ether oxygens (including phenoxy) is 2. The zero-order chi connectivity index (χ0) is 22.1. The summed E-state index contributed by atoms with van der Waals surface area (Å²) in [4.78, 5) is 4.47. The van der Waals surface area contributed by atoms with E-state index >= 15 is 0 Å². The highest BCUT2D eigenvalue weighted by atomic mass is 16.6. The van der Waals surface area contributed by atoms with Gasteiger partial charge in [0.15, 0.2) is 11.5 Å². The minimum Gasteiger partial charge on any atom is -0.486 e. The van der Waals surface area contributed by atoms with Crippen molar-refractivity contribution in [3.8, 4) is 22.8 Å². The Kier molecular flexibility index (Phi) is 5.55. The maximum Gasteiger partial charge on any atom is 0.162 e. The van der Waals surface area contributed by atoms with Gasteiger partial charge in [0, 0.05) is 24.2 Å². The second-order valence-corrected chi connectivity index (χ2v) is 8.24. The summed E-state index contributed by atoms with van der Waals surface area (Å²) >= 11 is 0. The minimum absolute atomic E-state index is 0.455. The fraction of sp³-hybridized carbons (Fsp3) is 0.333. The summed E-state index contributed by atoms with van der Waals surface area (Å²) in [6, 6.07) is 10.1. The molecule has 1 atom stereocenters. The van der Waals surface area contributed by atoms with E-state index in [0.717, 1.165) is 39.4 Å². The van der Waals surface area contributed by atoms with Gasteiger partial charge >= 0.3 is 0 Å². The third kappa shape index (κ3) is 4.06. The third-order valence-corrected chi connectivity index (χ3v) is 5.89. The van der Waals surface area contributed by atoms with Crippen molar-refractivity contribution in [3.05, 3.63) is 59.5 Å². The summed E-state index contributed by atoms with van der Waals surface area (Å²) in [6.45, 7) is 6.82. The molecule has 0 amide bonds. The normalized spacial score (nSPS) is 14.1. The van der Waals surface area contributed by atoms with Crippen molar-refractivity contribution >= 4 is 11.0 Å². The quantitative estimate of drug-likeness (QED) is 0.415. The van der Waals surface area contributed by atoms with E-state index in [0.29, 0.717) is 32.8 Å². The van der Waals surface area contributed by atoms with Gasteiger partial charge in [0.25, 0.3) is 0 Å². The molecular formula is C24H27N5O3. The average Bonchev–Trinajstić information content (AvgIpc) is 3.41. The molecule has 166 valence electrons. The highest BCUT2D eigenvalue weighted by Gasteiger charge is 2.16. The van der Waals surface area contributed by atoms with Gasteiger partial charge in [-0.15, -0.1) is 0 Å². The topological polar surface area (TPSA) is 97.2 Å². The molecule has 8 heteroatoms. The molecule has 0 saturated heterocycles. The maximum absolute atomic E-state index is 10.6. The van der Waals surface area contributed by atoms with Crippen LogP contribution in [0.25, 0.3) is 22.3 Å². The number of nitrogens with one attached hydrogen (secondary N) is 2. The van der Waals surface area contributed by atoms with Crippen LogP contribution in [-0.2, 0) is 13.1 Å². The smallest absolute Gasteiger partial charge is 0.162 e. The van der Waals surface area contributed by atoms with Crippen molar-refractivity contribution < 1.29 is 14.6 Å². The van der Waals surface area contributed by atoms with Crippen LogP contribution in [0.5, 0.6) is 11.5 Å². The van der Waals surface area contributed by atoms with Gasteiger partial charge in [-0.3, -0.25) is 5.10 Å². The van der Waals surface area contributed by atoms with E-state index in [9.17, 15) is 5.11 Å². The molecule has 0 spiro atoms. The van der Waals surface area contributed by atoms with Crippen molar-refractivity contribution in [2.75, 3.05) is 19.8 Å². The summed E-state index contributed by atoms with van der Waals surface area (Å²) in [5.74, 6) is 1.51. The molecule has 1 aliphatic rings. The van der Waals surface area contributed by atoms with Crippen LogP contribution in [0.2, 0.25) is 0 Å². The fourth-order valence-electron chi connectivity index (χ4n) is 4.02. The van der Waals surface area contributed by atoms with Crippen molar-refractivity contribution in [2.24, 2.45) is 0 Å². The summed E-state index contributed by atoms with van der Waals surface area (Å²) in [7, 11) is 0. The van der Waals surface area contributed by atoms with E-state index in [1.807, 2.05) is 22.8 Å². The van der Waals surface area contributed by atoms with Crippen molar-refractivity contribution in [3.63, 3.8) is 0 Å². The van der Waals surface area contributed by atoms with E-state index in [4.69, 9.17) is 9.47 Å². The zero-order valence-corrected chi connectivity index (χ0v) is 18.3. The first-order valence-corrected chi connectivity index (χ1v) is 10.8. The lowest BCUT2D eigenvalue weighted by Crippen LogP contribution is -2.29. The second kappa shape index (κ2) is 8.64. The number of aliphatic hydroxyl groups is 1. The minimum atomic E-state index is -0.543. The number of rotatable bonds is 7. The Labute approximate surface area is 186 Å². The van der Waals surface area contributed by atoms with Crippen molar-refractivity contribution in [2.45, 2.75) is 33.0 Å². The number of hydrogen-bond acceptors (Lipinski definition) is 6. The number of aryl methyl sites for hydroxylation is 2. The average molecular weight is 434 g/mol. The number of aromatic nitrogens is 4. The van der Waals surface area contributed by atoms with Gasteiger partial charge in [-0.1, -0.05) is 0 Å². The molecule has 4 aromatic rings. The first-order valence-electron chi connectivity index (χ1n) is 10.8. The van der Waals surface area contributed by atoms with Gasteiger partial charge in [-0.25, -0.2) is 4.98 Å². The molecule has 0 aliphatic carbocycles. The number of aromatic amines is 1. The van der Waals surface area contributed by atoms with Crippen molar-refractivity contribution in [1.82, 2.24) is 25.1 Å². The van der Waals surface area contributed by atoms with E-state index in [1.165, 1.54) is 11.1 Å². The molecule has 5 rings (SSSR count). The molecule has 2 aromatic carbocycles. The van der Waals surface area contributed by atoms with Gasteiger partial charge < -0.3 is 24.5 Å². The Bertz CT molecular complexity index is 1250. The van der Waals surface area contributed by atoms with Crippen LogP contribution < -0.4 is 14.8 Å². The van der Waals surface area contributed by atoms with Crippen LogP contribution in [0.4, 0.5) is 0 Å².